The average Bonchev–Trinajstić information content (AvgIpc) is 2.88. The van der Waals surface area contributed by atoms with E-state index in [0.717, 1.165) is 19.0 Å². The van der Waals surface area contributed by atoms with E-state index in [0.29, 0.717) is 12.1 Å². The Balaban J connectivity index is 1.53. The molecule has 0 aliphatic rings. The maximum Gasteiger partial charge on any atom is 0.252 e. The van der Waals surface area contributed by atoms with E-state index in [4.69, 9.17) is 0 Å². The minimum atomic E-state index is -1.97. The predicted molar refractivity (Wildman–Crippen MR) is 131 cm³/mol. The maximum absolute atomic E-state index is 13.0. The van der Waals surface area contributed by atoms with Crippen molar-refractivity contribution in [1.29, 1.82) is 0 Å². The third kappa shape index (κ3) is 5.29. The first-order valence-electron chi connectivity index (χ1n) is 10.8. The van der Waals surface area contributed by atoms with Gasteiger partial charge in [0.25, 0.3) is 5.91 Å². The molecule has 1 N–H and O–H groups in total. The van der Waals surface area contributed by atoms with Crippen molar-refractivity contribution < 1.29 is 9.18 Å². The Morgan fingerprint density at radius 2 is 1.45 bits per heavy atom. The minimum absolute atomic E-state index is 0.244. The summed E-state index contributed by atoms with van der Waals surface area (Å²) in [4.78, 5) is 24.7. The number of halogens is 1. The summed E-state index contributed by atoms with van der Waals surface area (Å²) in [6.07, 6.45) is 11.4. The standard InChI is InChI=1S/C26H24FN4OP/c27-25-13-12-21(18-31-25)26(32)30-16-4-5-17-33(22-8-2-1-3-9-22,23-10-6-14-28-19-23)24-11-7-15-29-20-24/h1-3,6-15,18-20H,4-5,16-17H2/p+1/i27-1. The van der Waals surface area contributed by atoms with Crippen molar-refractivity contribution in [2.75, 3.05) is 12.7 Å². The molecule has 7 heteroatoms. The molecule has 166 valence electrons. The molecule has 4 aromatic rings. The average molecular weight is 458 g/mol. The number of rotatable bonds is 9. The first-order valence-corrected chi connectivity index (χ1v) is 12.8. The van der Waals surface area contributed by atoms with Crippen LogP contribution in [0.25, 0.3) is 0 Å². The number of benzene rings is 1. The van der Waals surface area contributed by atoms with Gasteiger partial charge in [-0.15, -0.1) is 0 Å². The molecule has 0 saturated carbocycles. The molecule has 0 spiro atoms. The highest BCUT2D eigenvalue weighted by Gasteiger charge is 2.45. The molecule has 0 bridgehead atoms. The molecule has 33 heavy (non-hydrogen) atoms. The molecule has 1 amide bonds. The lowest BCUT2D eigenvalue weighted by atomic mass is 10.2. The van der Waals surface area contributed by atoms with E-state index in [1.54, 1.807) is 12.4 Å². The summed E-state index contributed by atoms with van der Waals surface area (Å²) in [6.45, 7) is 0.533. The fourth-order valence-electron chi connectivity index (χ4n) is 3.96. The lowest BCUT2D eigenvalue weighted by Crippen LogP contribution is -2.34. The molecule has 0 aliphatic heterocycles. The zero-order chi connectivity index (χ0) is 22.9. The van der Waals surface area contributed by atoms with Crippen molar-refractivity contribution >= 4 is 29.1 Å². The molecule has 3 heterocycles. The Labute approximate surface area is 193 Å². The molecule has 0 aliphatic carbocycles. The molecule has 0 saturated heterocycles. The molecule has 0 radical (unpaired) electrons. The Hall–Kier alpha value is -3.50. The summed E-state index contributed by atoms with van der Waals surface area (Å²) in [5.74, 6) is -0.843. The Bertz CT molecular complexity index is 1060. The smallest absolute Gasteiger partial charge is 0.252 e. The van der Waals surface area contributed by atoms with Gasteiger partial charge in [0.05, 0.1) is 24.1 Å². The molecule has 0 atom stereocenters. The highest BCUT2D eigenvalue weighted by molar-refractivity contribution is 7.95. The fourth-order valence-corrected chi connectivity index (χ4v) is 8.22. The number of pyridine rings is 3. The fraction of sp³-hybridized carbons (Fsp3) is 0.154. The summed E-state index contributed by atoms with van der Waals surface area (Å²) in [7, 11) is -1.97. The second-order valence-electron chi connectivity index (χ2n) is 7.62. The van der Waals surface area contributed by atoms with Crippen LogP contribution in [0.3, 0.4) is 0 Å². The van der Waals surface area contributed by atoms with Gasteiger partial charge in [0, 0.05) is 25.1 Å². The number of nitrogens with one attached hydrogen (secondary N) is 1. The number of carbonyl (C=O) groups excluding carboxylic acids is 1. The minimum Gasteiger partial charge on any atom is -0.352 e. The van der Waals surface area contributed by atoms with Gasteiger partial charge in [-0.05, 0) is 61.4 Å². The third-order valence-electron chi connectivity index (χ3n) is 5.57. The van der Waals surface area contributed by atoms with Gasteiger partial charge in [-0.2, -0.15) is 4.39 Å². The third-order valence-corrected chi connectivity index (χ3v) is 10.0. The molecular weight excluding hydrogens is 433 g/mol. The first-order chi connectivity index (χ1) is 16.2. The Morgan fingerprint density at radius 3 is 2.03 bits per heavy atom. The van der Waals surface area contributed by atoms with Crippen LogP contribution in [0.5, 0.6) is 0 Å². The number of hydrogen-bond donors (Lipinski definition) is 1. The number of unbranched alkanes of at least 4 members (excludes halogenated alkanes) is 1. The van der Waals surface area contributed by atoms with Crippen molar-refractivity contribution in [2.45, 2.75) is 12.8 Å². The summed E-state index contributed by atoms with van der Waals surface area (Å²) in [5.41, 5.74) is 0.355. The van der Waals surface area contributed by atoms with E-state index in [1.165, 1.54) is 34.2 Å². The van der Waals surface area contributed by atoms with Crippen LogP contribution in [-0.2, 0) is 0 Å². The van der Waals surface area contributed by atoms with Gasteiger partial charge >= 0.3 is 0 Å². The van der Waals surface area contributed by atoms with Crippen molar-refractivity contribution in [2.24, 2.45) is 0 Å². The number of nitrogens with zero attached hydrogens (tertiary/aromatic N) is 3. The maximum atomic E-state index is 13.0. The van der Waals surface area contributed by atoms with Gasteiger partial charge in [0.1, 0.15) is 23.2 Å². The van der Waals surface area contributed by atoms with E-state index < -0.39 is 13.2 Å². The largest absolute Gasteiger partial charge is 0.352 e. The van der Waals surface area contributed by atoms with Gasteiger partial charge in [-0.25, -0.2) is 4.98 Å². The number of carbonyl (C=O) groups is 1. The molecule has 4 rings (SSSR count). The monoisotopic (exact) mass is 458 g/mol. The van der Waals surface area contributed by atoms with Crippen molar-refractivity contribution in [3.63, 3.8) is 0 Å². The molecule has 0 fully saturated rings. The van der Waals surface area contributed by atoms with Crippen LogP contribution in [0.2, 0.25) is 0 Å². The van der Waals surface area contributed by atoms with Crippen LogP contribution in [-0.4, -0.2) is 33.6 Å². The van der Waals surface area contributed by atoms with E-state index in [2.05, 4.69) is 56.7 Å². The van der Waals surface area contributed by atoms with Crippen molar-refractivity contribution in [3.8, 4) is 0 Å². The lowest BCUT2D eigenvalue weighted by Gasteiger charge is -2.27. The van der Waals surface area contributed by atoms with Crippen LogP contribution in [0.4, 0.5) is 4.39 Å². The van der Waals surface area contributed by atoms with Crippen molar-refractivity contribution in [1.82, 2.24) is 20.3 Å². The van der Waals surface area contributed by atoms with Crippen LogP contribution < -0.4 is 21.2 Å². The lowest BCUT2D eigenvalue weighted by molar-refractivity contribution is 0.0952. The van der Waals surface area contributed by atoms with Crippen molar-refractivity contribution in [3.05, 3.63) is 109 Å². The van der Waals surface area contributed by atoms with Gasteiger partial charge < -0.3 is 5.32 Å². The summed E-state index contributed by atoms with van der Waals surface area (Å²) < 4.78 is 13.0. The van der Waals surface area contributed by atoms with Gasteiger partial charge in [0.2, 0.25) is 5.95 Å². The topological polar surface area (TPSA) is 67.8 Å². The SMILES string of the molecule is O=C(NCCCC[P+](c1ccccc1)(c1cccnc1)c1cccnc1)c1ccc([18F])nc1. The highest BCUT2D eigenvalue weighted by atomic mass is 31.2. The van der Waals surface area contributed by atoms with Crippen LogP contribution >= 0.6 is 7.26 Å². The van der Waals surface area contributed by atoms with Gasteiger partial charge in [-0.1, -0.05) is 18.2 Å². The molecule has 0 unspecified atom stereocenters. The normalized spacial score (nSPS) is 11.2. The van der Waals surface area contributed by atoms with E-state index in [1.807, 2.05) is 30.6 Å². The zero-order valence-electron chi connectivity index (χ0n) is 18.1. The van der Waals surface area contributed by atoms with Crippen LogP contribution in [0.1, 0.15) is 23.2 Å². The first kappa shape index (κ1) is 22.7. The second-order valence-corrected chi connectivity index (χ2v) is 11.2. The quantitative estimate of drug-likeness (QED) is 0.237. The number of aromatic nitrogens is 3. The molecule has 3 aromatic heterocycles. The van der Waals surface area contributed by atoms with Gasteiger partial charge in [0.15, 0.2) is 0 Å². The van der Waals surface area contributed by atoms with Crippen LogP contribution in [0, 0.1) is 5.95 Å². The number of amides is 1. The molecule has 1 aromatic carbocycles. The van der Waals surface area contributed by atoms with E-state index in [-0.39, 0.29) is 5.91 Å². The number of hydrogen-bond acceptors (Lipinski definition) is 4. The predicted octanol–water partition coefficient (Wildman–Crippen LogP) is 3.51. The van der Waals surface area contributed by atoms with E-state index in [9.17, 15) is 9.18 Å². The summed E-state index contributed by atoms with van der Waals surface area (Å²) in [5, 5.41) is 6.62. The Morgan fingerprint density at radius 1 is 0.788 bits per heavy atom. The molecular formula is C26H25FN4OP+. The summed E-state index contributed by atoms with van der Waals surface area (Å²) >= 11 is 0. The van der Waals surface area contributed by atoms with Crippen LogP contribution in [0.15, 0.2) is 97.7 Å². The summed E-state index contributed by atoms with van der Waals surface area (Å²) in [6, 6.07) is 21.5. The Kier molecular flexibility index (Phi) is 7.48. The van der Waals surface area contributed by atoms with Gasteiger partial charge in [-0.3, -0.25) is 14.8 Å². The second kappa shape index (κ2) is 10.9. The molecule has 5 nitrogen and oxygen atoms in total. The highest BCUT2D eigenvalue weighted by Crippen LogP contribution is 2.55. The zero-order valence-corrected chi connectivity index (χ0v) is 19.0. The van der Waals surface area contributed by atoms with E-state index >= 15 is 0 Å².